The molecule has 0 aliphatic heterocycles. The van der Waals surface area contributed by atoms with E-state index in [1.807, 2.05) is 35.9 Å². The molecule has 0 saturated carbocycles. The van der Waals surface area contributed by atoms with Gasteiger partial charge in [-0.25, -0.2) is 9.37 Å². The molecule has 1 heterocycles. The fraction of sp³-hybridized carbons (Fsp3) is 0.158. The third-order valence-electron chi connectivity index (χ3n) is 3.89. The van der Waals surface area contributed by atoms with Gasteiger partial charge in [0.25, 0.3) is 5.91 Å². The van der Waals surface area contributed by atoms with Crippen LogP contribution in [0, 0.1) is 5.82 Å². The lowest BCUT2D eigenvalue weighted by Crippen LogP contribution is -2.29. The summed E-state index contributed by atoms with van der Waals surface area (Å²) >= 11 is 0. The Morgan fingerprint density at radius 3 is 2.71 bits per heavy atom. The van der Waals surface area contributed by atoms with Gasteiger partial charge < -0.3 is 9.88 Å². The number of nitrogens with one attached hydrogen (secondary N) is 1. The zero-order chi connectivity index (χ0) is 16.9. The van der Waals surface area contributed by atoms with Crippen LogP contribution in [-0.2, 0) is 0 Å². The molecule has 2 aromatic carbocycles. The standard InChI is InChI=1S/C19H18FN3O/c1-14(23-10-9-21-13-23)12-22-19(24)17-4-2-3-16(11-17)15-5-7-18(20)8-6-15/h2-11,13-14H,12H2,1H3,(H,22,24)/t14-/m0/s1. The molecule has 122 valence electrons. The zero-order valence-electron chi connectivity index (χ0n) is 13.3. The molecule has 0 aliphatic rings. The van der Waals surface area contributed by atoms with E-state index in [1.54, 1.807) is 30.7 Å². The van der Waals surface area contributed by atoms with Crippen LogP contribution in [0.5, 0.6) is 0 Å². The van der Waals surface area contributed by atoms with Gasteiger partial charge in [0, 0.05) is 30.5 Å². The van der Waals surface area contributed by atoms with Crippen LogP contribution in [0.1, 0.15) is 23.3 Å². The molecule has 0 spiro atoms. The lowest BCUT2D eigenvalue weighted by atomic mass is 10.0. The normalized spacial score (nSPS) is 11.9. The number of rotatable bonds is 5. The van der Waals surface area contributed by atoms with E-state index >= 15 is 0 Å². The number of benzene rings is 2. The van der Waals surface area contributed by atoms with Gasteiger partial charge in [0.1, 0.15) is 5.82 Å². The minimum atomic E-state index is -0.277. The van der Waals surface area contributed by atoms with Crippen molar-refractivity contribution in [3.8, 4) is 11.1 Å². The summed E-state index contributed by atoms with van der Waals surface area (Å²) in [4.78, 5) is 16.4. The van der Waals surface area contributed by atoms with Crippen molar-refractivity contribution in [1.29, 1.82) is 0 Å². The summed E-state index contributed by atoms with van der Waals surface area (Å²) in [5, 5.41) is 2.93. The van der Waals surface area contributed by atoms with E-state index in [1.165, 1.54) is 12.1 Å². The van der Waals surface area contributed by atoms with Crippen molar-refractivity contribution in [2.45, 2.75) is 13.0 Å². The largest absolute Gasteiger partial charge is 0.350 e. The average molecular weight is 323 g/mol. The van der Waals surface area contributed by atoms with Crippen molar-refractivity contribution in [2.24, 2.45) is 0 Å². The van der Waals surface area contributed by atoms with E-state index in [0.29, 0.717) is 12.1 Å². The summed E-state index contributed by atoms with van der Waals surface area (Å²) in [6, 6.07) is 13.7. The topological polar surface area (TPSA) is 46.9 Å². The van der Waals surface area contributed by atoms with Gasteiger partial charge in [-0.05, 0) is 42.3 Å². The SMILES string of the molecule is C[C@@H](CNC(=O)c1cccc(-c2ccc(F)cc2)c1)n1ccnc1. The summed E-state index contributed by atoms with van der Waals surface area (Å²) in [6.07, 6.45) is 5.31. The number of amides is 1. The first-order valence-corrected chi connectivity index (χ1v) is 7.75. The number of halogens is 1. The van der Waals surface area contributed by atoms with E-state index in [-0.39, 0.29) is 17.8 Å². The van der Waals surface area contributed by atoms with E-state index in [9.17, 15) is 9.18 Å². The van der Waals surface area contributed by atoms with Crippen LogP contribution in [0.3, 0.4) is 0 Å². The number of nitrogens with zero attached hydrogens (tertiary/aromatic N) is 2. The summed E-state index contributed by atoms with van der Waals surface area (Å²) in [5.41, 5.74) is 2.33. The highest BCUT2D eigenvalue weighted by Crippen LogP contribution is 2.20. The van der Waals surface area contributed by atoms with Gasteiger partial charge in [-0.15, -0.1) is 0 Å². The van der Waals surface area contributed by atoms with Gasteiger partial charge in [-0.1, -0.05) is 24.3 Å². The van der Waals surface area contributed by atoms with Crippen molar-refractivity contribution in [1.82, 2.24) is 14.9 Å². The summed E-state index contributed by atoms with van der Waals surface area (Å²) in [7, 11) is 0. The molecule has 24 heavy (non-hydrogen) atoms. The fourth-order valence-corrected chi connectivity index (χ4v) is 2.46. The first kappa shape index (κ1) is 15.9. The average Bonchev–Trinajstić information content (AvgIpc) is 3.15. The molecular formula is C19H18FN3O. The minimum absolute atomic E-state index is 0.122. The maximum absolute atomic E-state index is 13.0. The van der Waals surface area contributed by atoms with E-state index < -0.39 is 0 Å². The Kier molecular flexibility index (Phi) is 4.70. The van der Waals surface area contributed by atoms with Gasteiger partial charge in [-0.2, -0.15) is 0 Å². The van der Waals surface area contributed by atoms with Crippen LogP contribution in [-0.4, -0.2) is 22.0 Å². The number of carbonyl (C=O) groups is 1. The second-order valence-corrected chi connectivity index (χ2v) is 5.66. The monoisotopic (exact) mass is 323 g/mol. The zero-order valence-corrected chi connectivity index (χ0v) is 13.3. The van der Waals surface area contributed by atoms with Crippen LogP contribution in [0.15, 0.2) is 67.3 Å². The van der Waals surface area contributed by atoms with Crippen molar-refractivity contribution in [3.63, 3.8) is 0 Å². The molecule has 1 atom stereocenters. The highest BCUT2D eigenvalue weighted by molar-refractivity contribution is 5.95. The van der Waals surface area contributed by atoms with E-state index in [4.69, 9.17) is 0 Å². The summed E-state index contributed by atoms with van der Waals surface area (Å²) in [5.74, 6) is -0.410. The maximum Gasteiger partial charge on any atom is 0.251 e. The molecule has 0 radical (unpaired) electrons. The lowest BCUT2D eigenvalue weighted by Gasteiger charge is -2.14. The van der Waals surface area contributed by atoms with E-state index in [2.05, 4.69) is 10.3 Å². The fourth-order valence-electron chi connectivity index (χ4n) is 2.46. The summed E-state index contributed by atoms with van der Waals surface area (Å²) in [6.45, 7) is 2.52. The van der Waals surface area contributed by atoms with Gasteiger partial charge in [-0.3, -0.25) is 4.79 Å². The Morgan fingerprint density at radius 1 is 1.21 bits per heavy atom. The predicted molar refractivity (Wildman–Crippen MR) is 91.1 cm³/mol. The Hall–Kier alpha value is -2.95. The summed E-state index contributed by atoms with van der Waals surface area (Å²) < 4.78 is 15.0. The van der Waals surface area contributed by atoms with Gasteiger partial charge in [0.2, 0.25) is 0 Å². The van der Waals surface area contributed by atoms with Crippen LogP contribution in [0.4, 0.5) is 4.39 Å². The molecule has 0 saturated heterocycles. The molecule has 0 aliphatic carbocycles. The quantitative estimate of drug-likeness (QED) is 0.778. The number of hydrogen-bond donors (Lipinski definition) is 1. The van der Waals surface area contributed by atoms with Crippen LogP contribution < -0.4 is 5.32 Å². The van der Waals surface area contributed by atoms with Crippen molar-refractivity contribution < 1.29 is 9.18 Å². The van der Waals surface area contributed by atoms with Crippen molar-refractivity contribution in [3.05, 3.63) is 78.6 Å². The molecular weight excluding hydrogens is 305 g/mol. The van der Waals surface area contributed by atoms with Gasteiger partial charge >= 0.3 is 0 Å². The second-order valence-electron chi connectivity index (χ2n) is 5.66. The molecule has 5 heteroatoms. The Balaban J connectivity index is 1.69. The van der Waals surface area contributed by atoms with Crippen molar-refractivity contribution in [2.75, 3.05) is 6.54 Å². The van der Waals surface area contributed by atoms with Gasteiger partial charge in [0.05, 0.1) is 6.33 Å². The Bertz CT molecular complexity index is 813. The number of aromatic nitrogens is 2. The highest BCUT2D eigenvalue weighted by atomic mass is 19.1. The Morgan fingerprint density at radius 2 is 2.00 bits per heavy atom. The lowest BCUT2D eigenvalue weighted by molar-refractivity contribution is 0.0948. The first-order chi connectivity index (χ1) is 11.6. The molecule has 0 unspecified atom stereocenters. The molecule has 0 bridgehead atoms. The third kappa shape index (κ3) is 3.68. The minimum Gasteiger partial charge on any atom is -0.350 e. The maximum atomic E-state index is 13.0. The molecule has 1 N–H and O–H groups in total. The first-order valence-electron chi connectivity index (χ1n) is 7.75. The van der Waals surface area contributed by atoms with Crippen molar-refractivity contribution >= 4 is 5.91 Å². The van der Waals surface area contributed by atoms with Crippen LogP contribution in [0.2, 0.25) is 0 Å². The molecule has 3 aromatic rings. The number of imidazole rings is 1. The molecule has 3 rings (SSSR count). The van der Waals surface area contributed by atoms with E-state index in [0.717, 1.165) is 11.1 Å². The second kappa shape index (κ2) is 7.08. The molecule has 4 nitrogen and oxygen atoms in total. The smallest absolute Gasteiger partial charge is 0.251 e. The predicted octanol–water partition coefficient (Wildman–Crippen LogP) is 3.68. The number of hydrogen-bond acceptors (Lipinski definition) is 2. The Labute approximate surface area is 140 Å². The highest BCUT2D eigenvalue weighted by Gasteiger charge is 2.10. The van der Waals surface area contributed by atoms with Crippen LogP contribution in [0.25, 0.3) is 11.1 Å². The third-order valence-corrected chi connectivity index (χ3v) is 3.89. The molecule has 1 amide bonds. The van der Waals surface area contributed by atoms with Gasteiger partial charge in [0.15, 0.2) is 0 Å². The number of carbonyl (C=O) groups excluding carboxylic acids is 1. The van der Waals surface area contributed by atoms with Crippen LogP contribution >= 0.6 is 0 Å². The molecule has 0 fully saturated rings. The molecule has 1 aromatic heterocycles.